The zero-order valence-electron chi connectivity index (χ0n) is 10.5. The molecule has 2 N–H and O–H groups in total. The number of hydrogen-bond acceptors (Lipinski definition) is 3. The Bertz CT molecular complexity index is 436. The van der Waals surface area contributed by atoms with Crippen molar-refractivity contribution in [2.24, 2.45) is 11.7 Å². The standard InChI is InChI=1S/C13H16F3NO2/c1-8-5-10(7-18-8)12(17)9-3-2-4-11(6-9)19-13(14,15)16/h2-4,6,8,10,12H,5,7,17H2,1H3. The van der Waals surface area contributed by atoms with Crippen molar-refractivity contribution >= 4 is 0 Å². The van der Waals surface area contributed by atoms with Gasteiger partial charge in [0.2, 0.25) is 0 Å². The quantitative estimate of drug-likeness (QED) is 0.922. The Hall–Kier alpha value is -1.27. The van der Waals surface area contributed by atoms with Gasteiger partial charge in [0.15, 0.2) is 0 Å². The Morgan fingerprint density at radius 1 is 1.42 bits per heavy atom. The highest BCUT2D eigenvalue weighted by Crippen LogP contribution is 2.32. The monoisotopic (exact) mass is 275 g/mol. The summed E-state index contributed by atoms with van der Waals surface area (Å²) in [5, 5.41) is 0. The van der Waals surface area contributed by atoms with E-state index >= 15 is 0 Å². The average Bonchev–Trinajstić information content (AvgIpc) is 2.73. The number of halogens is 3. The fraction of sp³-hybridized carbons (Fsp3) is 0.538. The van der Waals surface area contributed by atoms with Crippen LogP contribution in [0.1, 0.15) is 24.9 Å². The van der Waals surface area contributed by atoms with Crippen molar-refractivity contribution in [1.82, 2.24) is 0 Å². The van der Waals surface area contributed by atoms with Crippen LogP contribution in [0.25, 0.3) is 0 Å². The molecule has 0 saturated carbocycles. The summed E-state index contributed by atoms with van der Waals surface area (Å²) in [4.78, 5) is 0. The smallest absolute Gasteiger partial charge is 0.406 e. The fourth-order valence-electron chi connectivity index (χ4n) is 2.29. The van der Waals surface area contributed by atoms with E-state index in [-0.39, 0.29) is 23.8 Å². The first-order chi connectivity index (χ1) is 8.85. The molecule has 1 aliphatic rings. The van der Waals surface area contributed by atoms with Gasteiger partial charge in [-0.15, -0.1) is 13.2 Å². The van der Waals surface area contributed by atoms with Crippen LogP contribution in [0.5, 0.6) is 5.75 Å². The van der Waals surface area contributed by atoms with Gasteiger partial charge in [-0.3, -0.25) is 0 Å². The van der Waals surface area contributed by atoms with Crippen molar-refractivity contribution in [3.8, 4) is 5.75 Å². The lowest BCUT2D eigenvalue weighted by Crippen LogP contribution is -2.22. The maximum Gasteiger partial charge on any atom is 0.573 e. The third-order valence-electron chi connectivity index (χ3n) is 3.21. The van der Waals surface area contributed by atoms with Gasteiger partial charge in [-0.2, -0.15) is 0 Å². The number of ether oxygens (including phenoxy) is 2. The molecule has 2 rings (SSSR count). The van der Waals surface area contributed by atoms with E-state index in [1.165, 1.54) is 18.2 Å². The highest BCUT2D eigenvalue weighted by Gasteiger charge is 2.32. The lowest BCUT2D eigenvalue weighted by Gasteiger charge is -2.19. The molecule has 1 fully saturated rings. The predicted octanol–water partition coefficient (Wildman–Crippen LogP) is 3.01. The lowest BCUT2D eigenvalue weighted by atomic mass is 9.92. The summed E-state index contributed by atoms with van der Waals surface area (Å²) < 4.78 is 45.8. The maximum atomic E-state index is 12.2. The molecule has 1 saturated heterocycles. The number of hydrogen-bond donors (Lipinski definition) is 1. The van der Waals surface area contributed by atoms with Crippen LogP contribution < -0.4 is 10.5 Å². The summed E-state index contributed by atoms with van der Waals surface area (Å²) >= 11 is 0. The van der Waals surface area contributed by atoms with E-state index in [2.05, 4.69) is 4.74 Å². The van der Waals surface area contributed by atoms with Gasteiger partial charge in [-0.25, -0.2) is 0 Å². The minimum absolute atomic E-state index is 0.121. The van der Waals surface area contributed by atoms with Crippen molar-refractivity contribution < 1.29 is 22.6 Å². The van der Waals surface area contributed by atoms with Crippen LogP contribution >= 0.6 is 0 Å². The molecule has 0 amide bonds. The maximum absolute atomic E-state index is 12.2. The van der Waals surface area contributed by atoms with Gasteiger partial charge in [-0.05, 0) is 31.0 Å². The van der Waals surface area contributed by atoms with Crippen LogP contribution in [0.3, 0.4) is 0 Å². The molecule has 0 spiro atoms. The molecule has 106 valence electrons. The molecule has 6 heteroatoms. The average molecular weight is 275 g/mol. The minimum atomic E-state index is -4.69. The van der Waals surface area contributed by atoms with Crippen molar-refractivity contribution in [3.63, 3.8) is 0 Å². The van der Waals surface area contributed by atoms with Gasteiger partial charge in [0.1, 0.15) is 5.75 Å². The largest absolute Gasteiger partial charge is 0.573 e. The SMILES string of the molecule is CC1CC(C(N)c2cccc(OC(F)(F)F)c2)CO1. The Morgan fingerprint density at radius 2 is 2.16 bits per heavy atom. The highest BCUT2D eigenvalue weighted by atomic mass is 19.4. The first-order valence-electron chi connectivity index (χ1n) is 6.08. The van der Waals surface area contributed by atoms with E-state index in [9.17, 15) is 13.2 Å². The normalized spacial score (nSPS) is 25.3. The molecule has 1 heterocycles. The minimum Gasteiger partial charge on any atom is -0.406 e. The van der Waals surface area contributed by atoms with Crippen LogP contribution in [-0.4, -0.2) is 19.1 Å². The van der Waals surface area contributed by atoms with Crippen molar-refractivity contribution in [3.05, 3.63) is 29.8 Å². The van der Waals surface area contributed by atoms with E-state index in [4.69, 9.17) is 10.5 Å². The molecule has 0 radical (unpaired) electrons. The first kappa shape index (κ1) is 14.1. The van der Waals surface area contributed by atoms with Crippen LogP contribution in [-0.2, 0) is 4.74 Å². The summed E-state index contributed by atoms with van der Waals surface area (Å²) in [6, 6.07) is 5.46. The van der Waals surface area contributed by atoms with Crippen LogP contribution in [0.4, 0.5) is 13.2 Å². The molecule has 1 aromatic rings. The molecule has 0 bridgehead atoms. The van der Waals surface area contributed by atoms with E-state index in [1.807, 2.05) is 6.92 Å². The Labute approximate surface area is 109 Å². The number of benzene rings is 1. The van der Waals surface area contributed by atoms with Gasteiger partial charge in [0, 0.05) is 12.0 Å². The molecule has 0 aliphatic carbocycles. The number of alkyl halides is 3. The molecule has 1 aliphatic heterocycles. The Kier molecular flexibility index (Phi) is 4.01. The predicted molar refractivity (Wildman–Crippen MR) is 63.6 cm³/mol. The molecule has 3 nitrogen and oxygen atoms in total. The molecule has 3 atom stereocenters. The number of nitrogens with two attached hydrogens (primary N) is 1. The topological polar surface area (TPSA) is 44.5 Å². The third-order valence-corrected chi connectivity index (χ3v) is 3.21. The van der Waals surface area contributed by atoms with E-state index < -0.39 is 6.36 Å². The van der Waals surface area contributed by atoms with Crippen molar-refractivity contribution in [1.29, 1.82) is 0 Å². The molecule has 19 heavy (non-hydrogen) atoms. The molecule has 3 unspecified atom stereocenters. The zero-order chi connectivity index (χ0) is 14.0. The van der Waals surface area contributed by atoms with Gasteiger partial charge in [0.05, 0.1) is 12.7 Å². The van der Waals surface area contributed by atoms with E-state index in [1.54, 1.807) is 6.07 Å². The number of rotatable bonds is 3. The summed E-state index contributed by atoms with van der Waals surface area (Å²) in [6.07, 6.45) is -3.73. The van der Waals surface area contributed by atoms with Crippen LogP contribution in [0.2, 0.25) is 0 Å². The molecular weight excluding hydrogens is 259 g/mol. The van der Waals surface area contributed by atoms with Gasteiger partial charge in [0.25, 0.3) is 0 Å². The van der Waals surface area contributed by atoms with Crippen LogP contribution in [0, 0.1) is 5.92 Å². The molecular formula is C13H16F3NO2. The van der Waals surface area contributed by atoms with Crippen molar-refractivity contribution in [2.75, 3.05) is 6.61 Å². The van der Waals surface area contributed by atoms with Crippen molar-refractivity contribution in [2.45, 2.75) is 31.9 Å². The second-order valence-corrected chi connectivity index (χ2v) is 4.79. The summed E-state index contributed by atoms with van der Waals surface area (Å²) in [5.74, 6) is -0.122. The zero-order valence-corrected chi connectivity index (χ0v) is 10.5. The summed E-state index contributed by atoms with van der Waals surface area (Å²) in [5.41, 5.74) is 6.71. The van der Waals surface area contributed by atoms with Gasteiger partial charge < -0.3 is 15.2 Å². The second-order valence-electron chi connectivity index (χ2n) is 4.79. The molecule has 0 aromatic heterocycles. The first-order valence-corrected chi connectivity index (χ1v) is 6.08. The fourth-order valence-corrected chi connectivity index (χ4v) is 2.29. The van der Waals surface area contributed by atoms with E-state index in [0.29, 0.717) is 12.2 Å². The van der Waals surface area contributed by atoms with Gasteiger partial charge in [-0.1, -0.05) is 12.1 Å². The van der Waals surface area contributed by atoms with Crippen LogP contribution in [0.15, 0.2) is 24.3 Å². The van der Waals surface area contributed by atoms with E-state index in [0.717, 1.165) is 6.42 Å². The highest BCUT2D eigenvalue weighted by molar-refractivity contribution is 5.31. The second kappa shape index (κ2) is 5.38. The molecule has 1 aromatic carbocycles. The Balaban J connectivity index is 2.10. The Morgan fingerprint density at radius 3 is 2.74 bits per heavy atom. The van der Waals surface area contributed by atoms with Gasteiger partial charge >= 0.3 is 6.36 Å². The summed E-state index contributed by atoms with van der Waals surface area (Å²) in [6.45, 7) is 2.49. The summed E-state index contributed by atoms with van der Waals surface area (Å²) in [7, 11) is 0. The lowest BCUT2D eigenvalue weighted by molar-refractivity contribution is -0.274. The third kappa shape index (κ3) is 3.84.